The molecule has 1 aliphatic rings. The number of amides is 2. The van der Waals surface area contributed by atoms with E-state index >= 15 is 0 Å². The largest absolute Gasteiger partial charge is 0.444 e. The molecule has 0 aromatic rings. The van der Waals surface area contributed by atoms with E-state index in [0.29, 0.717) is 13.2 Å². The van der Waals surface area contributed by atoms with E-state index in [2.05, 4.69) is 17.5 Å². The van der Waals surface area contributed by atoms with E-state index < -0.39 is 17.7 Å². The minimum absolute atomic E-state index is 0.158. The minimum atomic E-state index is -0.684. The van der Waals surface area contributed by atoms with Crippen LogP contribution >= 0.6 is 12.8 Å². The zero-order valence-electron chi connectivity index (χ0n) is 10.2. The summed E-state index contributed by atoms with van der Waals surface area (Å²) in [7, 11) is 0. The van der Waals surface area contributed by atoms with Crippen molar-refractivity contribution in [3.8, 4) is 0 Å². The molecule has 0 saturated carbocycles. The molecule has 98 valence electrons. The third-order valence-corrected chi connectivity index (χ3v) is 2.39. The number of carbonyl (C=O) groups excluding carboxylic acids is 2. The quantitative estimate of drug-likeness (QED) is 0.678. The Kier molecular flexibility index (Phi) is 4.64. The first kappa shape index (κ1) is 14.1. The molecule has 1 aliphatic heterocycles. The van der Waals surface area contributed by atoms with Crippen LogP contribution in [0, 0.1) is 0 Å². The monoisotopic (exact) mass is 262 g/mol. The van der Waals surface area contributed by atoms with E-state index in [0.717, 1.165) is 0 Å². The Labute approximate surface area is 106 Å². The van der Waals surface area contributed by atoms with E-state index in [-0.39, 0.29) is 12.5 Å². The molecule has 0 radical (unpaired) electrons. The van der Waals surface area contributed by atoms with Crippen LogP contribution in [0.3, 0.4) is 0 Å². The van der Waals surface area contributed by atoms with E-state index in [4.69, 9.17) is 9.47 Å². The van der Waals surface area contributed by atoms with Gasteiger partial charge in [0.05, 0.1) is 13.2 Å². The first-order chi connectivity index (χ1) is 7.85. The van der Waals surface area contributed by atoms with Crippen LogP contribution in [0.15, 0.2) is 0 Å². The molecule has 1 N–H and O–H groups in total. The lowest BCUT2D eigenvalue weighted by Gasteiger charge is -2.35. The lowest BCUT2D eigenvalue weighted by atomic mass is 10.2. The molecular formula is C10H18N2O4S. The van der Waals surface area contributed by atoms with Gasteiger partial charge in [-0.15, -0.1) is 0 Å². The summed E-state index contributed by atoms with van der Waals surface area (Å²) in [5, 5.41) is 0. The summed E-state index contributed by atoms with van der Waals surface area (Å²) >= 11 is 3.69. The SMILES string of the molecule is CC(C)(C)OC(=O)N1CCOCC1C(=O)NS. The molecule has 0 bridgehead atoms. The normalized spacial score (nSPS) is 20.9. The predicted octanol–water partition coefficient (Wildman–Crippen LogP) is 0.583. The Hall–Kier alpha value is -0.950. The van der Waals surface area contributed by atoms with Crippen LogP contribution in [-0.2, 0) is 14.3 Å². The van der Waals surface area contributed by atoms with Crippen LogP contribution in [0.25, 0.3) is 0 Å². The predicted molar refractivity (Wildman–Crippen MR) is 64.7 cm³/mol. The highest BCUT2D eigenvalue weighted by Gasteiger charge is 2.35. The molecular weight excluding hydrogens is 244 g/mol. The molecule has 6 nitrogen and oxygen atoms in total. The van der Waals surface area contributed by atoms with Crippen LogP contribution in [0.2, 0.25) is 0 Å². The summed E-state index contributed by atoms with van der Waals surface area (Å²) in [5.41, 5.74) is -0.586. The number of rotatable bonds is 1. The summed E-state index contributed by atoms with van der Waals surface area (Å²) in [6, 6.07) is -0.684. The first-order valence-corrected chi connectivity index (χ1v) is 5.81. The van der Waals surface area contributed by atoms with Gasteiger partial charge in [-0.3, -0.25) is 9.69 Å². The van der Waals surface area contributed by atoms with Crippen LogP contribution in [-0.4, -0.2) is 48.3 Å². The Morgan fingerprint density at radius 3 is 2.65 bits per heavy atom. The summed E-state index contributed by atoms with van der Waals surface area (Å²) in [4.78, 5) is 24.8. The van der Waals surface area contributed by atoms with Crippen LogP contribution < -0.4 is 4.72 Å². The van der Waals surface area contributed by atoms with Gasteiger partial charge < -0.3 is 14.2 Å². The Bertz CT molecular complexity index is 303. The van der Waals surface area contributed by atoms with Gasteiger partial charge in [0.2, 0.25) is 0 Å². The molecule has 7 heteroatoms. The number of hydrogen-bond acceptors (Lipinski definition) is 5. The van der Waals surface area contributed by atoms with E-state index in [1.807, 2.05) is 0 Å². The van der Waals surface area contributed by atoms with Crippen molar-refractivity contribution in [1.82, 2.24) is 9.62 Å². The van der Waals surface area contributed by atoms with Gasteiger partial charge in [0.25, 0.3) is 5.91 Å². The van der Waals surface area contributed by atoms with Crippen molar-refractivity contribution in [3.05, 3.63) is 0 Å². The Balaban J connectivity index is 2.71. The second kappa shape index (κ2) is 5.59. The molecule has 1 saturated heterocycles. The van der Waals surface area contributed by atoms with E-state index in [1.54, 1.807) is 20.8 Å². The number of nitrogens with one attached hydrogen (secondary N) is 1. The highest BCUT2D eigenvalue weighted by Crippen LogP contribution is 2.14. The summed E-state index contributed by atoms with van der Waals surface area (Å²) in [6.45, 7) is 6.22. The fourth-order valence-corrected chi connectivity index (χ4v) is 1.58. The molecule has 2 amide bonds. The first-order valence-electron chi connectivity index (χ1n) is 5.36. The van der Waals surface area contributed by atoms with Crippen molar-refractivity contribution in [1.29, 1.82) is 0 Å². The van der Waals surface area contributed by atoms with Crippen molar-refractivity contribution < 1.29 is 19.1 Å². The van der Waals surface area contributed by atoms with Crippen molar-refractivity contribution in [2.75, 3.05) is 19.8 Å². The maximum Gasteiger partial charge on any atom is 0.411 e. The standard InChI is InChI=1S/C10H18N2O4S/c1-10(2,3)16-9(14)12-4-5-15-6-7(12)8(13)11-17/h7,17H,4-6H2,1-3H3,(H,11,13). The fraction of sp³-hybridized carbons (Fsp3) is 0.800. The highest BCUT2D eigenvalue weighted by atomic mass is 32.1. The minimum Gasteiger partial charge on any atom is -0.444 e. The van der Waals surface area contributed by atoms with Crippen LogP contribution in [0.1, 0.15) is 20.8 Å². The molecule has 0 spiro atoms. The van der Waals surface area contributed by atoms with Gasteiger partial charge in [-0.05, 0) is 20.8 Å². The van der Waals surface area contributed by atoms with E-state index in [9.17, 15) is 9.59 Å². The molecule has 1 heterocycles. The molecule has 0 aliphatic carbocycles. The molecule has 1 atom stereocenters. The number of thiol groups is 1. The second-order valence-corrected chi connectivity index (χ2v) is 4.96. The average molecular weight is 262 g/mol. The zero-order valence-corrected chi connectivity index (χ0v) is 11.1. The third kappa shape index (κ3) is 4.08. The van der Waals surface area contributed by atoms with Gasteiger partial charge >= 0.3 is 6.09 Å². The number of carbonyl (C=O) groups is 2. The Morgan fingerprint density at radius 2 is 2.12 bits per heavy atom. The average Bonchev–Trinajstić information content (AvgIpc) is 2.25. The smallest absolute Gasteiger partial charge is 0.411 e. The van der Waals surface area contributed by atoms with Crippen molar-refractivity contribution >= 4 is 24.8 Å². The molecule has 1 fully saturated rings. The fourth-order valence-electron chi connectivity index (χ4n) is 1.43. The molecule has 0 aromatic heterocycles. The lowest BCUT2D eigenvalue weighted by molar-refractivity contribution is -0.130. The van der Waals surface area contributed by atoms with Gasteiger partial charge in [-0.25, -0.2) is 4.79 Å². The van der Waals surface area contributed by atoms with Crippen LogP contribution in [0.5, 0.6) is 0 Å². The van der Waals surface area contributed by atoms with Crippen molar-refractivity contribution in [2.45, 2.75) is 32.4 Å². The topological polar surface area (TPSA) is 67.9 Å². The molecule has 1 unspecified atom stereocenters. The maximum atomic E-state index is 11.9. The van der Waals surface area contributed by atoms with Gasteiger partial charge in [-0.2, -0.15) is 0 Å². The van der Waals surface area contributed by atoms with Gasteiger partial charge in [0.1, 0.15) is 11.6 Å². The highest BCUT2D eigenvalue weighted by molar-refractivity contribution is 7.78. The number of nitrogens with zero attached hydrogens (tertiary/aromatic N) is 1. The molecule has 0 aromatic carbocycles. The number of ether oxygens (including phenoxy) is 2. The molecule has 1 rings (SSSR count). The second-order valence-electron chi connectivity index (χ2n) is 4.74. The Morgan fingerprint density at radius 1 is 1.47 bits per heavy atom. The number of hydrogen-bond donors (Lipinski definition) is 2. The third-order valence-electron chi connectivity index (χ3n) is 2.17. The van der Waals surface area contributed by atoms with Gasteiger partial charge in [0.15, 0.2) is 0 Å². The van der Waals surface area contributed by atoms with Gasteiger partial charge in [-0.1, -0.05) is 12.8 Å². The molecule has 17 heavy (non-hydrogen) atoms. The summed E-state index contributed by atoms with van der Waals surface area (Å²) in [6.07, 6.45) is -0.511. The van der Waals surface area contributed by atoms with Crippen molar-refractivity contribution in [3.63, 3.8) is 0 Å². The lowest BCUT2D eigenvalue weighted by Crippen LogP contribution is -2.55. The van der Waals surface area contributed by atoms with Gasteiger partial charge in [0, 0.05) is 6.54 Å². The maximum absolute atomic E-state index is 11.9. The van der Waals surface area contributed by atoms with Crippen LogP contribution in [0.4, 0.5) is 4.79 Å². The van der Waals surface area contributed by atoms with Crippen molar-refractivity contribution in [2.24, 2.45) is 0 Å². The van der Waals surface area contributed by atoms with E-state index in [1.165, 1.54) is 4.90 Å². The zero-order chi connectivity index (χ0) is 13.1. The summed E-state index contributed by atoms with van der Waals surface area (Å²) < 4.78 is 12.6. The number of morpholine rings is 1. The summed E-state index contributed by atoms with van der Waals surface area (Å²) in [5.74, 6) is -0.376.